The minimum Gasteiger partial charge on any atom is -0.350 e. The summed E-state index contributed by atoms with van der Waals surface area (Å²) in [6.07, 6.45) is 1.50. The zero-order valence-electron chi connectivity index (χ0n) is 12.1. The molecule has 0 aliphatic carbocycles. The van der Waals surface area contributed by atoms with Gasteiger partial charge in [0.05, 0.1) is 4.92 Å². The van der Waals surface area contributed by atoms with Gasteiger partial charge in [-0.05, 0) is 25.8 Å². The van der Waals surface area contributed by atoms with Crippen LogP contribution in [-0.2, 0) is 0 Å². The van der Waals surface area contributed by atoms with Crippen molar-refractivity contribution in [1.29, 1.82) is 0 Å². The van der Waals surface area contributed by atoms with Crippen molar-refractivity contribution < 1.29 is 9.72 Å². The van der Waals surface area contributed by atoms with Gasteiger partial charge in [0.15, 0.2) is 0 Å². The lowest BCUT2D eigenvalue weighted by Crippen LogP contribution is -2.49. The van der Waals surface area contributed by atoms with Gasteiger partial charge in [0.1, 0.15) is 0 Å². The number of benzene rings is 1. The Hall–Kier alpha value is -1.95. The topological polar surface area (TPSA) is 98.3 Å². The number of carbonyl (C=O) groups excluding carboxylic acids is 1. The quantitative estimate of drug-likeness (QED) is 0.615. The fourth-order valence-electron chi connectivity index (χ4n) is 1.92. The van der Waals surface area contributed by atoms with Crippen molar-refractivity contribution in [2.75, 3.05) is 6.54 Å². The highest BCUT2D eigenvalue weighted by atomic mass is 16.6. The predicted molar refractivity (Wildman–Crippen MR) is 77.7 cm³/mol. The molecule has 0 spiro atoms. The van der Waals surface area contributed by atoms with E-state index in [0.717, 1.165) is 12.8 Å². The van der Waals surface area contributed by atoms with Gasteiger partial charge in [-0.1, -0.05) is 19.9 Å². The summed E-state index contributed by atoms with van der Waals surface area (Å²) in [6.45, 7) is 5.85. The zero-order chi connectivity index (χ0) is 15.3. The summed E-state index contributed by atoms with van der Waals surface area (Å²) < 4.78 is 0. The Morgan fingerprint density at radius 1 is 1.40 bits per heavy atom. The van der Waals surface area contributed by atoms with Gasteiger partial charge in [-0.25, -0.2) is 0 Å². The molecule has 0 aliphatic rings. The van der Waals surface area contributed by atoms with Gasteiger partial charge in [0.2, 0.25) is 0 Å². The summed E-state index contributed by atoms with van der Waals surface area (Å²) in [4.78, 5) is 22.5. The Kier molecular flexibility index (Phi) is 5.21. The molecule has 3 N–H and O–H groups in total. The number of nitrogens with zero attached hydrogens (tertiary/aromatic N) is 1. The zero-order valence-corrected chi connectivity index (χ0v) is 12.1. The van der Waals surface area contributed by atoms with E-state index in [-0.39, 0.29) is 11.6 Å². The molecule has 1 aromatic rings. The Labute approximate surface area is 118 Å². The monoisotopic (exact) mass is 279 g/mol. The first-order valence-corrected chi connectivity index (χ1v) is 6.65. The first kappa shape index (κ1) is 16.1. The van der Waals surface area contributed by atoms with Gasteiger partial charge in [0, 0.05) is 29.3 Å². The van der Waals surface area contributed by atoms with Crippen molar-refractivity contribution in [3.05, 3.63) is 39.4 Å². The van der Waals surface area contributed by atoms with Crippen LogP contribution in [0.3, 0.4) is 0 Å². The lowest BCUT2D eigenvalue weighted by molar-refractivity contribution is -0.385. The fraction of sp³-hybridized carbons (Fsp3) is 0.500. The lowest BCUT2D eigenvalue weighted by Gasteiger charge is -2.26. The van der Waals surface area contributed by atoms with E-state index in [1.807, 2.05) is 13.8 Å². The molecule has 110 valence electrons. The molecule has 1 rings (SSSR count). The minimum atomic E-state index is -0.489. The SMILES string of the molecule is CCC(N)(CC)CNC(=O)c1cccc([N+](=O)[O-])c1C. The molecule has 6 heteroatoms. The largest absolute Gasteiger partial charge is 0.350 e. The van der Waals surface area contributed by atoms with Crippen LogP contribution < -0.4 is 11.1 Å². The number of hydrogen-bond acceptors (Lipinski definition) is 4. The molecule has 1 aromatic carbocycles. The third-order valence-corrected chi connectivity index (χ3v) is 3.76. The van der Waals surface area contributed by atoms with E-state index in [1.165, 1.54) is 12.1 Å². The Balaban J connectivity index is 2.89. The first-order valence-electron chi connectivity index (χ1n) is 6.65. The summed E-state index contributed by atoms with van der Waals surface area (Å²) in [5.41, 5.74) is 6.30. The van der Waals surface area contributed by atoms with Crippen molar-refractivity contribution >= 4 is 11.6 Å². The van der Waals surface area contributed by atoms with E-state index in [0.29, 0.717) is 17.7 Å². The van der Waals surface area contributed by atoms with Crippen LogP contribution in [0, 0.1) is 17.0 Å². The van der Waals surface area contributed by atoms with Crippen LogP contribution in [0.5, 0.6) is 0 Å². The molecular weight excluding hydrogens is 258 g/mol. The number of nitrogens with one attached hydrogen (secondary N) is 1. The van der Waals surface area contributed by atoms with Crippen molar-refractivity contribution in [2.45, 2.75) is 39.2 Å². The molecule has 20 heavy (non-hydrogen) atoms. The average Bonchev–Trinajstić information content (AvgIpc) is 2.44. The van der Waals surface area contributed by atoms with Gasteiger partial charge in [-0.15, -0.1) is 0 Å². The molecule has 0 radical (unpaired) electrons. The van der Waals surface area contributed by atoms with Crippen LogP contribution in [0.2, 0.25) is 0 Å². The van der Waals surface area contributed by atoms with Crippen LogP contribution in [-0.4, -0.2) is 22.9 Å². The Morgan fingerprint density at radius 2 is 2.00 bits per heavy atom. The predicted octanol–water partition coefficient (Wildman–Crippen LogP) is 2.15. The standard InChI is InChI=1S/C14H21N3O3/c1-4-14(15,5-2)9-16-13(18)11-7-6-8-12(10(11)3)17(19)20/h6-8H,4-5,9,15H2,1-3H3,(H,16,18). The van der Waals surface area contributed by atoms with Gasteiger partial charge in [-0.2, -0.15) is 0 Å². The molecule has 6 nitrogen and oxygen atoms in total. The summed E-state index contributed by atoms with van der Waals surface area (Å²) in [6, 6.07) is 4.47. The molecular formula is C14H21N3O3. The number of nitrogens with two attached hydrogens (primary N) is 1. The van der Waals surface area contributed by atoms with Gasteiger partial charge >= 0.3 is 0 Å². The summed E-state index contributed by atoms with van der Waals surface area (Å²) in [5.74, 6) is -0.331. The van der Waals surface area contributed by atoms with E-state index in [1.54, 1.807) is 13.0 Å². The molecule has 0 aliphatic heterocycles. The molecule has 0 aromatic heterocycles. The van der Waals surface area contributed by atoms with Gasteiger partial charge < -0.3 is 11.1 Å². The normalized spacial score (nSPS) is 11.2. The number of rotatable bonds is 6. The number of nitro benzene ring substituents is 1. The van der Waals surface area contributed by atoms with E-state index in [4.69, 9.17) is 5.73 Å². The molecule has 0 unspecified atom stereocenters. The fourth-order valence-corrected chi connectivity index (χ4v) is 1.92. The number of amides is 1. The van der Waals surface area contributed by atoms with E-state index in [9.17, 15) is 14.9 Å². The molecule has 0 saturated heterocycles. The van der Waals surface area contributed by atoms with Crippen LogP contribution in [0.4, 0.5) is 5.69 Å². The van der Waals surface area contributed by atoms with Crippen LogP contribution >= 0.6 is 0 Å². The minimum absolute atomic E-state index is 0.0531. The second kappa shape index (κ2) is 6.47. The highest BCUT2D eigenvalue weighted by molar-refractivity contribution is 5.96. The molecule has 0 saturated carbocycles. The maximum absolute atomic E-state index is 12.1. The molecule has 0 bridgehead atoms. The highest BCUT2D eigenvalue weighted by Gasteiger charge is 2.23. The van der Waals surface area contributed by atoms with E-state index >= 15 is 0 Å². The summed E-state index contributed by atoms with van der Waals surface area (Å²) in [5, 5.41) is 13.6. The summed E-state index contributed by atoms with van der Waals surface area (Å²) >= 11 is 0. The Bertz CT molecular complexity index is 510. The van der Waals surface area contributed by atoms with Crippen LogP contribution in [0.25, 0.3) is 0 Å². The molecule has 0 fully saturated rings. The van der Waals surface area contributed by atoms with Crippen molar-refractivity contribution in [3.63, 3.8) is 0 Å². The van der Waals surface area contributed by atoms with Gasteiger partial charge in [0.25, 0.3) is 11.6 Å². The van der Waals surface area contributed by atoms with Crippen molar-refractivity contribution in [2.24, 2.45) is 5.73 Å². The van der Waals surface area contributed by atoms with Gasteiger partial charge in [-0.3, -0.25) is 14.9 Å². The van der Waals surface area contributed by atoms with E-state index in [2.05, 4.69) is 5.32 Å². The average molecular weight is 279 g/mol. The number of hydrogen-bond donors (Lipinski definition) is 2. The molecule has 0 heterocycles. The molecule has 1 amide bonds. The number of carbonyl (C=O) groups is 1. The third-order valence-electron chi connectivity index (χ3n) is 3.76. The van der Waals surface area contributed by atoms with Crippen LogP contribution in [0.15, 0.2) is 18.2 Å². The third kappa shape index (κ3) is 3.54. The maximum atomic E-state index is 12.1. The highest BCUT2D eigenvalue weighted by Crippen LogP contribution is 2.21. The number of nitro groups is 1. The smallest absolute Gasteiger partial charge is 0.273 e. The van der Waals surface area contributed by atoms with Crippen LogP contribution in [0.1, 0.15) is 42.6 Å². The molecule has 0 atom stereocenters. The second-order valence-electron chi connectivity index (χ2n) is 4.96. The Morgan fingerprint density at radius 3 is 2.50 bits per heavy atom. The van der Waals surface area contributed by atoms with Crippen molar-refractivity contribution in [3.8, 4) is 0 Å². The summed E-state index contributed by atoms with van der Waals surface area (Å²) in [7, 11) is 0. The van der Waals surface area contributed by atoms with E-state index < -0.39 is 10.5 Å². The first-order chi connectivity index (χ1) is 9.34. The maximum Gasteiger partial charge on any atom is 0.273 e. The lowest BCUT2D eigenvalue weighted by atomic mass is 9.94. The second-order valence-corrected chi connectivity index (χ2v) is 4.96. The van der Waals surface area contributed by atoms with Crippen molar-refractivity contribution in [1.82, 2.24) is 5.32 Å².